The molecule has 0 atom stereocenters. The van der Waals surface area contributed by atoms with E-state index in [0.29, 0.717) is 21.7 Å². The van der Waals surface area contributed by atoms with Gasteiger partial charge in [-0.2, -0.15) is 13.2 Å². The van der Waals surface area contributed by atoms with E-state index in [4.69, 9.17) is 0 Å². The van der Waals surface area contributed by atoms with E-state index in [-0.39, 0.29) is 6.42 Å². The SMILES string of the molecule is CNc1nc(Cc2cccc(C(F)(F)F)c2)ncc1Br. The number of benzene rings is 1. The Hall–Kier alpha value is -1.63. The van der Waals surface area contributed by atoms with E-state index in [9.17, 15) is 13.2 Å². The summed E-state index contributed by atoms with van der Waals surface area (Å²) in [6.45, 7) is 0. The molecule has 7 heteroatoms. The molecule has 0 saturated carbocycles. The number of nitrogens with zero attached hydrogens (tertiary/aromatic N) is 2. The second kappa shape index (κ2) is 5.78. The van der Waals surface area contributed by atoms with E-state index in [0.717, 1.165) is 12.1 Å². The Balaban J connectivity index is 2.26. The summed E-state index contributed by atoms with van der Waals surface area (Å²) in [5.41, 5.74) is -0.148. The van der Waals surface area contributed by atoms with Crippen LogP contribution >= 0.6 is 15.9 Å². The van der Waals surface area contributed by atoms with Crippen LogP contribution in [0.3, 0.4) is 0 Å². The average Bonchev–Trinajstić information content (AvgIpc) is 2.40. The molecule has 0 spiro atoms. The number of hydrogen-bond acceptors (Lipinski definition) is 3. The molecule has 3 nitrogen and oxygen atoms in total. The first-order valence-corrected chi connectivity index (χ1v) is 6.55. The van der Waals surface area contributed by atoms with Crippen LogP contribution in [0.25, 0.3) is 0 Å². The maximum atomic E-state index is 12.6. The maximum absolute atomic E-state index is 12.6. The van der Waals surface area contributed by atoms with Gasteiger partial charge in [0.15, 0.2) is 0 Å². The van der Waals surface area contributed by atoms with Crippen molar-refractivity contribution in [3.63, 3.8) is 0 Å². The fourth-order valence-electron chi connectivity index (χ4n) is 1.70. The van der Waals surface area contributed by atoms with Crippen molar-refractivity contribution in [2.24, 2.45) is 0 Å². The lowest BCUT2D eigenvalue weighted by Crippen LogP contribution is -2.06. The summed E-state index contributed by atoms with van der Waals surface area (Å²) < 4.78 is 38.6. The molecule has 1 heterocycles. The molecule has 1 N–H and O–H groups in total. The third-order valence-electron chi connectivity index (χ3n) is 2.65. The van der Waals surface area contributed by atoms with Crippen molar-refractivity contribution in [3.05, 3.63) is 51.9 Å². The number of aromatic nitrogens is 2. The van der Waals surface area contributed by atoms with E-state index in [1.807, 2.05) is 0 Å². The lowest BCUT2D eigenvalue weighted by Gasteiger charge is -2.09. The Morgan fingerprint density at radius 3 is 2.70 bits per heavy atom. The van der Waals surface area contributed by atoms with E-state index in [1.54, 1.807) is 19.3 Å². The summed E-state index contributed by atoms with van der Waals surface area (Å²) in [6, 6.07) is 5.17. The number of hydrogen-bond donors (Lipinski definition) is 1. The first kappa shape index (κ1) is 14.8. The Bertz CT molecular complexity index is 614. The van der Waals surface area contributed by atoms with Crippen molar-refractivity contribution in [1.29, 1.82) is 0 Å². The zero-order chi connectivity index (χ0) is 14.8. The minimum atomic E-state index is -4.34. The second-order valence-corrected chi connectivity index (χ2v) is 4.96. The lowest BCUT2D eigenvalue weighted by molar-refractivity contribution is -0.137. The Labute approximate surface area is 122 Å². The van der Waals surface area contributed by atoms with Gasteiger partial charge in [0.25, 0.3) is 0 Å². The quantitative estimate of drug-likeness (QED) is 0.916. The molecular formula is C13H11BrF3N3. The summed E-state index contributed by atoms with van der Waals surface area (Å²) in [5, 5.41) is 2.88. The molecule has 1 aromatic carbocycles. The van der Waals surface area contributed by atoms with Gasteiger partial charge in [0.1, 0.15) is 11.6 Å². The molecule has 20 heavy (non-hydrogen) atoms. The topological polar surface area (TPSA) is 37.8 Å². The first-order chi connectivity index (χ1) is 9.40. The van der Waals surface area contributed by atoms with Gasteiger partial charge in [-0.3, -0.25) is 0 Å². The molecule has 0 aliphatic heterocycles. The molecule has 2 aromatic rings. The highest BCUT2D eigenvalue weighted by Crippen LogP contribution is 2.30. The molecule has 0 bridgehead atoms. The number of alkyl halides is 3. The number of nitrogens with one attached hydrogen (secondary N) is 1. The maximum Gasteiger partial charge on any atom is 0.416 e. The van der Waals surface area contributed by atoms with Gasteiger partial charge in [-0.1, -0.05) is 18.2 Å². The largest absolute Gasteiger partial charge is 0.416 e. The van der Waals surface area contributed by atoms with Crippen LogP contribution in [0.4, 0.5) is 19.0 Å². The Kier molecular flexibility index (Phi) is 4.27. The van der Waals surface area contributed by atoms with Gasteiger partial charge in [0.2, 0.25) is 0 Å². The van der Waals surface area contributed by atoms with Crippen molar-refractivity contribution in [3.8, 4) is 0 Å². The van der Waals surface area contributed by atoms with E-state index in [2.05, 4.69) is 31.2 Å². The molecule has 0 radical (unpaired) electrons. The van der Waals surface area contributed by atoms with Gasteiger partial charge in [0, 0.05) is 19.7 Å². The van der Waals surface area contributed by atoms with Crippen LogP contribution in [-0.4, -0.2) is 17.0 Å². The highest BCUT2D eigenvalue weighted by Gasteiger charge is 2.30. The molecule has 0 amide bonds. The van der Waals surface area contributed by atoms with Gasteiger partial charge in [-0.25, -0.2) is 9.97 Å². The van der Waals surface area contributed by atoms with Crippen LogP contribution in [0.2, 0.25) is 0 Å². The molecule has 0 aliphatic rings. The summed E-state index contributed by atoms with van der Waals surface area (Å²) in [5.74, 6) is 1.05. The van der Waals surface area contributed by atoms with Crippen LogP contribution in [0.5, 0.6) is 0 Å². The molecule has 106 valence electrons. The molecule has 0 saturated heterocycles. The van der Waals surface area contributed by atoms with Gasteiger partial charge in [-0.05, 0) is 27.6 Å². The van der Waals surface area contributed by atoms with Gasteiger partial charge in [0.05, 0.1) is 10.0 Å². The van der Waals surface area contributed by atoms with Crippen molar-refractivity contribution in [2.45, 2.75) is 12.6 Å². The van der Waals surface area contributed by atoms with E-state index < -0.39 is 11.7 Å². The lowest BCUT2D eigenvalue weighted by atomic mass is 10.1. The minimum absolute atomic E-state index is 0.242. The molecular weight excluding hydrogens is 335 g/mol. The van der Waals surface area contributed by atoms with Crippen molar-refractivity contribution < 1.29 is 13.2 Å². The van der Waals surface area contributed by atoms with Crippen LogP contribution in [-0.2, 0) is 12.6 Å². The third-order valence-corrected chi connectivity index (χ3v) is 3.23. The number of halogens is 4. The predicted octanol–water partition coefficient (Wildman–Crippen LogP) is 3.89. The summed E-state index contributed by atoms with van der Waals surface area (Å²) >= 11 is 3.28. The van der Waals surface area contributed by atoms with Crippen molar-refractivity contribution >= 4 is 21.7 Å². The Morgan fingerprint density at radius 2 is 2.05 bits per heavy atom. The van der Waals surface area contributed by atoms with Gasteiger partial charge in [-0.15, -0.1) is 0 Å². The number of rotatable bonds is 3. The zero-order valence-electron chi connectivity index (χ0n) is 10.5. The summed E-state index contributed by atoms with van der Waals surface area (Å²) in [7, 11) is 1.71. The van der Waals surface area contributed by atoms with Crippen molar-refractivity contribution in [2.75, 3.05) is 12.4 Å². The molecule has 0 unspecified atom stereocenters. The molecule has 2 rings (SSSR count). The minimum Gasteiger partial charge on any atom is -0.372 e. The standard InChI is InChI=1S/C13H11BrF3N3/c1-18-12-10(14)7-19-11(20-12)6-8-3-2-4-9(5-8)13(15,16)17/h2-5,7H,6H2,1H3,(H,18,19,20). The summed E-state index contributed by atoms with van der Waals surface area (Å²) in [4.78, 5) is 8.32. The van der Waals surface area contributed by atoms with Crippen LogP contribution in [0.1, 0.15) is 17.0 Å². The van der Waals surface area contributed by atoms with Crippen LogP contribution < -0.4 is 5.32 Å². The molecule has 0 fully saturated rings. The smallest absolute Gasteiger partial charge is 0.372 e. The zero-order valence-corrected chi connectivity index (χ0v) is 12.1. The van der Waals surface area contributed by atoms with Crippen molar-refractivity contribution in [1.82, 2.24) is 9.97 Å². The van der Waals surface area contributed by atoms with Gasteiger partial charge >= 0.3 is 6.18 Å². The number of anilines is 1. The highest BCUT2D eigenvalue weighted by molar-refractivity contribution is 9.10. The van der Waals surface area contributed by atoms with Crippen LogP contribution in [0.15, 0.2) is 34.9 Å². The molecule has 1 aromatic heterocycles. The van der Waals surface area contributed by atoms with E-state index >= 15 is 0 Å². The normalized spacial score (nSPS) is 11.4. The second-order valence-electron chi connectivity index (χ2n) is 4.11. The fraction of sp³-hybridized carbons (Fsp3) is 0.231. The Morgan fingerprint density at radius 1 is 1.30 bits per heavy atom. The van der Waals surface area contributed by atoms with E-state index in [1.165, 1.54) is 6.07 Å². The monoisotopic (exact) mass is 345 g/mol. The van der Waals surface area contributed by atoms with Gasteiger partial charge < -0.3 is 5.32 Å². The summed E-state index contributed by atoms with van der Waals surface area (Å²) in [6.07, 6.45) is -2.53. The fourth-order valence-corrected chi connectivity index (χ4v) is 2.09. The predicted molar refractivity (Wildman–Crippen MR) is 73.5 cm³/mol. The molecule has 0 aliphatic carbocycles. The highest BCUT2D eigenvalue weighted by atomic mass is 79.9. The third kappa shape index (κ3) is 3.47. The average molecular weight is 346 g/mol. The van der Waals surface area contributed by atoms with Crippen LogP contribution in [0, 0.1) is 0 Å². The first-order valence-electron chi connectivity index (χ1n) is 5.75.